The van der Waals surface area contributed by atoms with Crippen LogP contribution in [0.2, 0.25) is 0 Å². The maximum Gasteiger partial charge on any atom is 0.251 e. The highest BCUT2D eigenvalue weighted by atomic mass is 16.5. The number of carbonyl (C=O) groups is 1. The number of carbonyl (C=O) groups excluding carboxylic acids is 1. The lowest BCUT2D eigenvalue weighted by molar-refractivity contribution is 0.0624. The van der Waals surface area contributed by atoms with Crippen LogP contribution in [0.1, 0.15) is 23.2 Å². The highest BCUT2D eigenvalue weighted by Gasteiger charge is 2.19. The fraction of sp³-hybridized carbons (Fsp3) is 0.625. The second-order valence-electron chi connectivity index (χ2n) is 6.08. The van der Waals surface area contributed by atoms with Gasteiger partial charge in [0.05, 0.1) is 12.6 Å². The molecule has 0 unspecified atom stereocenters. The monoisotopic (exact) mass is 304 g/mol. The Labute approximate surface area is 131 Å². The Morgan fingerprint density at radius 2 is 2.18 bits per heavy atom. The molecule has 0 aromatic carbocycles. The summed E-state index contributed by atoms with van der Waals surface area (Å²) in [6.07, 6.45) is 3.72. The lowest BCUT2D eigenvalue weighted by Crippen LogP contribution is -2.45. The van der Waals surface area contributed by atoms with Crippen molar-refractivity contribution in [1.29, 1.82) is 0 Å². The van der Waals surface area contributed by atoms with Crippen LogP contribution in [0.15, 0.2) is 18.3 Å². The topological polar surface area (TPSA) is 57.7 Å². The number of likely N-dealkylation sites (N-methyl/N-ethyl adjacent to an activating group) is 1. The van der Waals surface area contributed by atoms with Crippen molar-refractivity contribution in [3.05, 3.63) is 23.9 Å². The zero-order valence-electron chi connectivity index (χ0n) is 13.1. The lowest BCUT2D eigenvalue weighted by atomic mass is 10.1. The van der Waals surface area contributed by atoms with Crippen molar-refractivity contribution in [2.24, 2.45) is 0 Å². The van der Waals surface area contributed by atoms with Gasteiger partial charge >= 0.3 is 0 Å². The van der Waals surface area contributed by atoms with Crippen molar-refractivity contribution in [1.82, 2.24) is 15.2 Å². The quantitative estimate of drug-likeness (QED) is 0.893. The first kappa shape index (κ1) is 15.2. The molecule has 1 aromatic heterocycles. The number of hydrogen-bond acceptors (Lipinski definition) is 5. The predicted molar refractivity (Wildman–Crippen MR) is 85.3 cm³/mol. The molecular formula is C16H24N4O2. The molecule has 22 heavy (non-hydrogen) atoms. The van der Waals surface area contributed by atoms with Gasteiger partial charge < -0.3 is 19.9 Å². The Balaban J connectivity index is 1.63. The van der Waals surface area contributed by atoms with Gasteiger partial charge in [0.15, 0.2) is 0 Å². The van der Waals surface area contributed by atoms with Crippen LogP contribution in [0.3, 0.4) is 0 Å². The number of piperazine rings is 1. The first-order valence-electron chi connectivity index (χ1n) is 8.00. The summed E-state index contributed by atoms with van der Waals surface area (Å²) in [6.45, 7) is 5.36. The molecular weight excluding hydrogens is 280 g/mol. The summed E-state index contributed by atoms with van der Waals surface area (Å²) in [7, 11) is 2.13. The Bertz CT molecular complexity index is 509. The van der Waals surface area contributed by atoms with Gasteiger partial charge in [-0.1, -0.05) is 0 Å². The van der Waals surface area contributed by atoms with Crippen LogP contribution in [-0.4, -0.2) is 68.3 Å². The minimum Gasteiger partial charge on any atom is -0.379 e. The van der Waals surface area contributed by atoms with Gasteiger partial charge in [0, 0.05) is 44.5 Å². The zero-order valence-corrected chi connectivity index (χ0v) is 13.1. The fourth-order valence-electron chi connectivity index (χ4n) is 2.89. The van der Waals surface area contributed by atoms with Crippen molar-refractivity contribution in [2.45, 2.75) is 18.9 Å². The average Bonchev–Trinajstić information content (AvgIpc) is 2.56. The van der Waals surface area contributed by atoms with Crippen molar-refractivity contribution >= 4 is 11.7 Å². The maximum absolute atomic E-state index is 12.4. The standard InChI is InChI=1S/C16H24N4O2/c1-19-6-8-20(9-7-19)15-11-13(4-5-17-15)16(21)18-14-3-2-10-22-12-14/h4-5,11,14H,2-3,6-10,12H2,1H3,(H,18,21)/t14-/m0/s1. The summed E-state index contributed by atoms with van der Waals surface area (Å²) in [5, 5.41) is 3.05. The molecule has 1 amide bonds. The smallest absolute Gasteiger partial charge is 0.251 e. The Hall–Kier alpha value is -1.66. The highest BCUT2D eigenvalue weighted by Crippen LogP contribution is 2.15. The largest absolute Gasteiger partial charge is 0.379 e. The first-order chi connectivity index (χ1) is 10.7. The third-order valence-corrected chi connectivity index (χ3v) is 4.33. The Kier molecular flexibility index (Phi) is 4.90. The molecule has 0 radical (unpaired) electrons. The number of amides is 1. The van der Waals surface area contributed by atoms with Crippen LogP contribution in [0.5, 0.6) is 0 Å². The van der Waals surface area contributed by atoms with E-state index in [0.717, 1.165) is 51.4 Å². The number of nitrogens with one attached hydrogen (secondary N) is 1. The van der Waals surface area contributed by atoms with Gasteiger partial charge in [0.25, 0.3) is 5.91 Å². The molecule has 2 fully saturated rings. The van der Waals surface area contributed by atoms with E-state index in [1.165, 1.54) is 0 Å². The summed E-state index contributed by atoms with van der Waals surface area (Å²) in [5.41, 5.74) is 0.675. The van der Waals surface area contributed by atoms with Gasteiger partial charge in [-0.15, -0.1) is 0 Å². The van der Waals surface area contributed by atoms with Gasteiger partial charge in [0.1, 0.15) is 5.82 Å². The van der Waals surface area contributed by atoms with E-state index in [9.17, 15) is 4.79 Å². The minimum atomic E-state index is -0.0340. The van der Waals surface area contributed by atoms with Gasteiger partial charge in [-0.3, -0.25) is 4.79 Å². The molecule has 3 rings (SSSR count). The van der Waals surface area contributed by atoms with E-state index in [4.69, 9.17) is 4.74 Å². The molecule has 2 aliphatic heterocycles. The number of anilines is 1. The number of rotatable bonds is 3. The number of ether oxygens (including phenoxy) is 1. The first-order valence-corrected chi connectivity index (χ1v) is 8.00. The summed E-state index contributed by atoms with van der Waals surface area (Å²) >= 11 is 0. The molecule has 0 spiro atoms. The van der Waals surface area contributed by atoms with E-state index in [1.54, 1.807) is 12.3 Å². The van der Waals surface area contributed by atoms with Crippen molar-refractivity contribution in [2.75, 3.05) is 51.3 Å². The van der Waals surface area contributed by atoms with E-state index < -0.39 is 0 Å². The molecule has 0 bridgehead atoms. The Morgan fingerprint density at radius 1 is 1.36 bits per heavy atom. The minimum absolute atomic E-state index is 0.0340. The van der Waals surface area contributed by atoms with Crippen molar-refractivity contribution in [3.8, 4) is 0 Å². The molecule has 1 N–H and O–H groups in total. The molecule has 1 atom stereocenters. The molecule has 120 valence electrons. The van der Waals surface area contributed by atoms with E-state index in [1.807, 2.05) is 6.07 Å². The fourth-order valence-corrected chi connectivity index (χ4v) is 2.89. The van der Waals surface area contributed by atoms with Crippen LogP contribution in [0.4, 0.5) is 5.82 Å². The van der Waals surface area contributed by atoms with Gasteiger partial charge in [-0.25, -0.2) is 4.98 Å². The van der Waals surface area contributed by atoms with Gasteiger partial charge in [-0.2, -0.15) is 0 Å². The van der Waals surface area contributed by atoms with Crippen LogP contribution in [0, 0.1) is 0 Å². The number of aromatic nitrogens is 1. The van der Waals surface area contributed by atoms with Crippen molar-refractivity contribution < 1.29 is 9.53 Å². The van der Waals surface area contributed by atoms with Crippen LogP contribution >= 0.6 is 0 Å². The van der Waals surface area contributed by atoms with E-state index in [-0.39, 0.29) is 11.9 Å². The Morgan fingerprint density at radius 3 is 2.91 bits per heavy atom. The SMILES string of the molecule is CN1CCN(c2cc(C(=O)N[C@H]3CCCOC3)ccn2)CC1. The molecule has 1 aromatic rings. The second kappa shape index (κ2) is 7.07. The lowest BCUT2D eigenvalue weighted by Gasteiger charge is -2.33. The summed E-state index contributed by atoms with van der Waals surface area (Å²) in [5.74, 6) is 0.855. The third kappa shape index (κ3) is 3.75. The molecule has 6 nitrogen and oxygen atoms in total. The summed E-state index contributed by atoms with van der Waals surface area (Å²) in [6, 6.07) is 3.80. The van der Waals surface area contributed by atoms with E-state index >= 15 is 0 Å². The highest BCUT2D eigenvalue weighted by molar-refractivity contribution is 5.95. The number of nitrogens with zero attached hydrogens (tertiary/aromatic N) is 3. The second-order valence-corrected chi connectivity index (χ2v) is 6.08. The van der Waals surface area contributed by atoms with Gasteiger partial charge in [0.2, 0.25) is 0 Å². The average molecular weight is 304 g/mol. The molecule has 0 aliphatic carbocycles. The van der Waals surface area contributed by atoms with Crippen LogP contribution in [-0.2, 0) is 4.74 Å². The molecule has 0 saturated carbocycles. The van der Waals surface area contributed by atoms with Crippen LogP contribution in [0.25, 0.3) is 0 Å². The maximum atomic E-state index is 12.4. The van der Waals surface area contributed by atoms with E-state index in [2.05, 4.69) is 27.1 Å². The summed E-state index contributed by atoms with van der Waals surface area (Å²) < 4.78 is 5.41. The zero-order chi connectivity index (χ0) is 15.4. The normalized spacial score (nSPS) is 23.3. The predicted octanol–water partition coefficient (Wildman–Crippen LogP) is 0.742. The third-order valence-electron chi connectivity index (χ3n) is 4.33. The number of pyridine rings is 1. The molecule has 2 aliphatic rings. The van der Waals surface area contributed by atoms with E-state index in [0.29, 0.717) is 12.2 Å². The summed E-state index contributed by atoms with van der Waals surface area (Å²) in [4.78, 5) is 21.3. The number of hydrogen-bond donors (Lipinski definition) is 1. The van der Waals surface area contributed by atoms with Gasteiger partial charge in [-0.05, 0) is 32.0 Å². The van der Waals surface area contributed by atoms with Crippen LogP contribution < -0.4 is 10.2 Å². The van der Waals surface area contributed by atoms with Crippen molar-refractivity contribution in [3.63, 3.8) is 0 Å². The molecule has 2 saturated heterocycles. The molecule has 3 heterocycles. The molecule has 6 heteroatoms.